The molecule has 0 amide bonds. The Kier molecular flexibility index (Phi) is 5.23. The first kappa shape index (κ1) is 14.4. The van der Waals surface area contributed by atoms with Gasteiger partial charge in [0.05, 0.1) is 7.11 Å². The summed E-state index contributed by atoms with van der Waals surface area (Å²) < 4.78 is 5.21. The van der Waals surface area contributed by atoms with Gasteiger partial charge in [-0.1, -0.05) is 12.1 Å². The van der Waals surface area contributed by atoms with Crippen molar-refractivity contribution in [2.24, 2.45) is 5.92 Å². The normalized spacial score (nSPS) is 21.4. The summed E-state index contributed by atoms with van der Waals surface area (Å²) in [6.07, 6.45) is 2.67. The fourth-order valence-corrected chi connectivity index (χ4v) is 2.78. The van der Waals surface area contributed by atoms with E-state index >= 15 is 0 Å². The van der Waals surface area contributed by atoms with Gasteiger partial charge in [-0.25, -0.2) is 0 Å². The summed E-state index contributed by atoms with van der Waals surface area (Å²) in [4.78, 5) is 2.46. The maximum atomic E-state index is 5.21. The van der Waals surface area contributed by atoms with Crippen LogP contribution >= 0.6 is 0 Å². The highest BCUT2D eigenvalue weighted by Gasteiger charge is 2.18. The Morgan fingerprint density at radius 3 is 2.68 bits per heavy atom. The van der Waals surface area contributed by atoms with Gasteiger partial charge in [-0.05, 0) is 63.5 Å². The second kappa shape index (κ2) is 6.92. The minimum atomic E-state index is 0.452. The predicted molar refractivity (Wildman–Crippen MR) is 79.6 cm³/mol. The molecule has 1 heterocycles. The molecule has 3 nitrogen and oxygen atoms in total. The Bertz CT molecular complexity index is 371. The molecule has 0 aliphatic carbocycles. The van der Waals surface area contributed by atoms with Crippen LogP contribution in [0.3, 0.4) is 0 Å². The van der Waals surface area contributed by atoms with Crippen LogP contribution in [0, 0.1) is 5.92 Å². The third kappa shape index (κ3) is 3.95. The zero-order valence-corrected chi connectivity index (χ0v) is 12.4. The van der Waals surface area contributed by atoms with Gasteiger partial charge in [0.25, 0.3) is 0 Å². The monoisotopic (exact) mass is 262 g/mol. The average Bonchev–Trinajstić information content (AvgIpc) is 2.47. The van der Waals surface area contributed by atoms with Gasteiger partial charge < -0.3 is 10.1 Å². The van der Waals surface area contributed by atoms with Crippen LogP contribution in [-0.2, 0) is 0 Å². The second-order valence-electron chi connectivity index (χ2n) is 5.60. The van der Waals surface area contributed by atoms with E-state index in [1.165, 1.54) is 38.0 Å². The Labute approximate surface area is 116 Å². The van der Waals surface area contributed by atoms with Crippen LogP contribution in [0.25, 0.3) is 0 Å². The summed E-state index contributed by atoms with van der Waals surface area (Å²) in [6, 6.07) is 8.87. The highest BCUT2D eigenvalue weighted by Crippen LogP contribution is 2.23. The number of methoxy groups -OCH3 is 1. The number of benzene rings is 1. The first-order valence-corrected chi connectivity index (χ1v) is 7.25. The molecule has 106 valence electrons. The summed E-state index contributed by atoms with van der Waals surface area (Å²) in [5.74, 6) is 1.72. The molecule has 2 atom stereocenters. The van der Waals surface area contributed by atoms with Crippen LogP contribution in [0.2, 0.25) is 0 Å². The quantitative estimate of drug-likeness (QED) is 0.883. The van der Waals surface area contributed by atoms with Crippen LogP contribution in [0.4, 0.5) is 0 Å². The number of hydrogen-bond acceptors (Lipinski definition) is 3. The SMILES string of the molecule is COc1ccc(C(C)N(C)CC2CCCNC2)cc1. The Hall–Kier alpha value is -1.06. The van der Waals surface area contributed by atoms with Crippen molar-refractivity contribution in [3.63, 3.8) is 0 Å². The van der Waals surface area contributed by atoms with Crippen molar-refractivity contribution in [2.45, 2.75) is 25.8 Å². The molecule has 1 fully saturated rings. The van der Waals surface area contributed by atoms with Crippen LogP contribution in [0.15, 0.2) is 24.3 Å². The van der Waals surface area contributed by atoms with E-state index in [2.05, 4.69) is 36.3 Å². The maximum absolute atomic E-state index is 5.21. The topological polar surface area (TPSA) is 24.5 Å². The lowest BCUT2D eigenvalue weighted by Gasteiger charge is -2.31. The summed E-state index contributed by atoms with van der Waals surface area (Å²) >= 11 is 0. The number of nitrogens with zero attached hydrogens (tertiary/aromatic N) is 1. The summed E-state index contributed by atoms with van der Waals surface area (Å²) in [5.41, 5.74) is 1.35. The average molecular weight is 262 g/mol. The van der Waals surface area contributed by atoms with Crippen molar-refractivity contribution in [2.75, 3.05) is 33.8 Å². The van der Waals surface area contributed by atoms with E-state index < -0.39 is 0 Å². The van der Waals surface area contributed by atoms with Crippen LogP contribution in [0.1, 0.15) is 31.4 Å². The molecule has 0 spiro atoms. The van der Waals surface area contributed by atoms with Gasteiger partial charge in [-0.15, -0.1) is 0 Å². The Morgan fingerprint density at radius 1 is 1.37 bits per heavy atom. The maximum Gasteiger partial charge on any atom is 0.118 e. The smallest absolute Gasteiger partial charge is 0.118 e. The molecule has 1 saturated heterocycles. The summed E-state index contributed by atoms with van der Waals surface area (Å²) in [5, 5.41) is 3.49. The first-order valence-electron chi connectivity index (χ1n) is 7.25. The minimum Gasteiger partial charge on any atom is -0.497 e. The molecule has 19 heavy (non-hydrogen) atoms. The molecule has 1 N–H and O–H groups in total. The fraction of sp³-hybridized carbons (Fsp3) is 0.625. The van der Waals surface area contributed by atoms with Gasteiger partial charge in [-0.3, -0.25) is 4.90 Å². The van der Waals surface area contributed by atoms with Gasteiger partial charge in [0.2, 0.25) is 0 Å². The lowest BCUT2D eigenvalue weighted by molar-refractivity contribution is 0.199. The van der Waals surface area contributed by atoms with Crippen molar-refractivity contribution in [3.8, 4) is 5.75 Å². The zero-order valence-electron chi connectivity index (χ0n) is 12.4. The van der Waals surface area contributed by atoms with E-state index in [0.717, 1.165) is 11.7 Å². The fourth-order valence-electron chi connectivity index (χ4n) is 2.78. The summed E-state index contributed by atoms with van der Waals surface area (Å²) in [6.45, 7) is 5.80. The van der Waals surface area contributed by atoms with Crippen molar-refractivity contribution in [1.82, 2.24) is 10.2 Å². The molecule has 1 aliphatic rings. The highest BCUT2D eigenvalue weighted by molar-refractivity contribution is 5.28. The van der Waals surface area contributed by atoms with Crippen molar-refractivity contribution in [3.05, 3.63) is 29.8 Å². The molecule has 1 aromatic carbocycles. The van der Waals surface area contributed by atoms with Gasteiger partial charge in [0.15, 0.2) is 0 Å². The molecule has 0 radical (unpaired) electrons. The standard InChI is InChI=1S/C16H26N2O/c1-13(15-6-8-16(19-3)9-7-15)18(2)12-14-5-4-10-17-11-14/h6-9,13-14,17H,4-5,10-12H2,1-3H3. The molecule has 1 aliphatic heterocycles. The van der Waals surface area contributed by atoms with E-state index in [1.807, 2.05) is 12.1 Å². The minimum absolute atomic E-state index is 0.452. The lowest BCUT2D eigenvalue weighted by Crippen LogP contribution is -2.37. The first-order chi connectivity index (χ1) is 9.20. The van der Waals surface area contributed by atoms with Crippen molar-refractivity contribution < 1.29 is 4.74 Å². The lowest BCUT2D eigenvalue weighted by atomic mass is 9.98. The molecular formula is C16H26N2O. The molecule has 0 bridgehead atoms. The number of rotatable bonds is 5. The molecule has 2 unspecified atom stereocenters. The molecular weight excluding hydrogens is 236 g/mol. The van der Waals surface area contributed by atoms with Crippen molar-refractivity contribution >= 4 is 0 Å². The van der Waals surface area contributed by atoms with Crippen LogP contribution in [-0.4, -0.2) is 38.7 Å². The third-order valence-electron chi connectivity index (χ3n) is 4.20. The number of piperidine rings is 1. The number of hydrogen-bond donors (Lipinski definition) is 1. The Morgan fingerprint density at radius 2 is 2.11 bits per heavy atom. The van der Waals surface area contributed by atoms with Gasteiger partial charge in [0, 0.05) is 12.6 Å². The number of ether oxygens (including phenoxy) is 1. The molecule has 3 heteroatoms. The highest BCUT2D eigenvalue weighted by atomic mass is 16.5. The molecule has 2 rings (SSSR count). The van der Waals surface area contributed by atoms with E-state index in [1.54, 1.807) is 7.11 Å². The van der Waals surface area contributed by atoms with Gasteiger partial charge in [-0.2, -0.15) is 0 Å². The molecule has 1 aromatic rings. The largest absolute Gasteiger partial charge is 0.497 e. The zero-order chi connectivity index (χ0) is 13.7. The van der Waals surface area contributed by atoms with E-state index in [9.17, 15) is 0 Å². The second-order valence-corrected chi connectivity index (χ2v) is 5.60. The Balaban J connectivity index is 1.91. The molecule has 0 aromatic heterocycles. The number of nitrogens with one attached hydrogen (secondary N) is 1. The van der Waals surface area contributed by atoms with Gasteiger partial charge in [0.1, 0.15) is 5.75 Å². The van der Waals surface area contributed by atoms with E-state index in [0.29, 0.717) is 6.04 Å². The third-order valence-corrected chi connectivity index (χ3v) is 4.20. The predicted octanol–water partition coefficient (Wildman–Crippen LogP) is 2.69. The van der Waals surface area contributed by atoms with E-state index in [-0.39, 0.29) is 0 Å². The van der Waals surface area contributed by atoms with Crippen LogP contribution in [0.5, 0.6) is 5.75 Å². The van der Waals surface area contributed by atoms with E-state index in [4.69, 9.17) is 4.74 Å². The van der Waals surface area contributed by atoms with Gasteiger partial charge >= 0.3 is 0 Å². The summed E-state index contributed by atoms with van der Waals surface area (Å²) in [7, 11) is 3.93. The molecule has 0 saturated carbocycles. The van der Waals surface area contributed by atoms with Crippen LogP contribution < -0.4 is 10.1 Å². The van der Waals surface area contributed by atoms with Crippen molar-refractivity contribution in [1.29, 1.82) is 0 Å².